The summed E-state index contributed by atoms with van der Waals surface area (Å²) in [4.78, 5) is 10.9. The van der Waals surface area contributed by atoms with Crippen molar-refractivity contribution in [2.45, 2.75) is 18.9 Å². The molecule has 94 valence electrons. The van der Waals surface area contributed by atoms with Crippen LogP contribution in [0.5, 0.6) is 0 Å². The maximum Gasteiger partial charge on any atom is 0.224 e. The molecule has 0 radical (unpaired) electrons. The van der Waals surface area contributed by atoms with Gasteiger partial charge >= 0.3 is 0 Å². The fraction of sp³-hybridized carbons (Fsp3) is 0.636. The summed E-state index contributed by atoms with van der Waals surface area (Å²) < 4.78 is 6.35. The Labute approximate surface area is 110 Å². The van der Waals surface area contributed by atoms with E-state index in [1.807, 2.05) is 7.05 Å². The molecule has 2 rings (SSSR count). The normalized spacial score (nSPS) is 20.4. The van der Waals surface area contributed by atoms with Gasteiger partial charge in [-0.25, -0.2) is 4.98 Å². The lowest BCUT2D eigenvalue weighted by Crippen LogP contribution is -2.40. The Morgan fingerprint density at radius 2 is 2.41 bits per heavy atom. The standard InChI is InChI=1S/C11H17BrN4O/c1-13-11-14-6-9(12)10(15-11)16-5-3-4-8(7-16)17-2/h6,8H,3-5,7H2,1-2H3,(H,13,14,15). The number of nitrogens with zero attached hydrogens (tertiary/aromatic N) is 3. The summed E-state index contributed by atoms with van der Waals surface area (Å²) in [6.07, 6.45) is 4.33. The molecule has 1 N–H and O–H groups in total. The summed E-state index contributed by atoms with van der Waals surface area (Å²) >= 11 is 3.50. The molecule has 17 heavy (non-hydrogen) atoms. The largest absolute Gasteiger partial charge is 0.380 e. The van der Waals surface area contributed by atoms with Crippen molar-refractivity contribution in [3.05, 3.63) is 10.7 Å². The first kappa shape index (κ1) is 12.6. The molecule has 0 saturated carbocycles. The second kappa shape index (κ2) is 5.64. The smallest absolute Gasteiger partial charge is 0.224 e. The molecule has 0 amide bonds. The van der Waals surface area contributed by atoms with Crippen molar-refractivity contribution in [1.82, 2.24) is 9.97 Å². The van der Waals surface area contributed by atoms with Crippen LogP contribution in [0.1, 0.15) is 12.8 Å². The Morgan fingerprint density at radius 3 is 3.12 bits per heavy atom. The van der Waals surface area contributed by atoms with Crippen molar-refractivity contribution in [3.8, 4) is 0 Å². The Bertz CT molecular complexity index is 388. The highest BCUT2D eigenvalue weighted by Crippen LogP contribution is 2.27. The van der Waals surface area contributed by atoms with Crippen molar-refractivity contribution in [2.24, 2.45) is 0 Å². The second-order valence-corrected chi connectivity index (χ2v) is 4.92. The SMILES string of the molecule is CNc1ncc(Br)c(N2CCCC(OC)C2)n1. The zero-order valence-electron chi connectivity index (χ0n) is 10.1. The van der Waals surface area contributed by atoms with Gasteiger partial charge in [0.15, 0.2) is 0 Å². The maximum atomic E-state index is 5.42. The number of methoxy groups -OCH3 is 1. The van der Waals surface area contributed by atoms with E-state index in [0.717, 1.165) is 36.2 Å². The Hall–Kier alpha value is -0.880. The van der Waals surface area contributed by atoms with E-state index in [-0.39, 0.29) is 0 Å². The fourth-order valence-electron chi connectivity index (χ4n) is 2.02. The fourth-order valence-corrected chi connectivity index (χ4v) is 2.47. The first-order chi connectivity index (χ1) is 8.24. The van der Waals surface area contributed by atoms with Crippen LogP contribution in [0.25, 0.3) is 0 Å². The van der Waals surface area contributed by atoms with Crippen molar-refractivity contribution in [1.29, 1.82) is 0 Å². The van der Waals surface area contributed by atoms with Crippen LogP contribution < -0.4 is 10.2 Å². The van der Waals surface area contributed by atoms with E-state index in [9.17, 15) is 0 Å². The number of rotatable bonds is 3. The molecular formula is C11H17BrN4O. The van der Waals surface area contributed by atoms with Crippen molar-refractivity contribution in [2.75, 3.05) is 37.5 Å². The Morgan fingerprint density at radius 1 is 1.59 bits per heavy atom. The van der Waals surface area contributed by atoms with Gasteiger partial charge < -0.3 is 15.0 Å². The molecule has 1 aromatic rings. The molecule has 0 aromatic carbocycles. The number of ether oxygens (including phenoxy) is 1. The van der Waals surface area contributed by atoms with Crippen LogP contribution >= 0.6 is 15.9 Å². The highest BCUT2D eigenvalue weighted by molar-refractivity contribution is 9.10. The number of nitrogens with one attached hydrogen (secondary N) is 1. The summed E-state index contributed by atoms with van der Waals surface area (Å²) in [5.74, 6) is 1.58. The number of halogens is 1. The topological polar surface area (TPSA) is 50.3 Å². The predicted molar refractivity (Wildman–Crippen MR) is 71.5 cm³/mol. The molecule has 0 aliphatic carbocycles. The predicted octanol–water partition coefficient (Wildman–Crippen LogP) is 1.90. The van der Waals surface area contributed by atoms with Crippen LogP contribution in [0.4, 0.5) is 11.8 Å². The van der Waals surface area contributed by atoms with Gasteiger partial charge in [0.25, 0.3) is 0 Å². The van der Waals surface area contributed by atoms with Crippen LogP contribution in [0.15, 0.2) is 10.7 Å². The number of aromatic nitrogens is 2. The lowest BCUT2D eigenvalue weighted by molar-refractivity contribution is 0.0891. The van der Waals surface area contributed by atoms with Gasteiger partial charge in [-0.2, -0.15) is 4.98 Å². The molecular weight excluding hydrogens is 284 g/mol. The van der Waals surface area contributed by atoms with Crippen LogP contribution in [0, 0.1) is 0 Å². The van der Waals surface area contributed by atoms with Gasteiger partial charge in [0.2, 0.25) is 5.95 Å². The zero-order chi connectivity index (χ0) is 12.3. The molecule has 1 fully saturated rings. The number of hydrogen-bond acceptors (Lipinski definition) is 5. The molecule has 1 aliphatic rings. The van der Waals surface area contributed by atoms with Gasteiger partial charge in [0.05, 0.1) is 10.6 Å². The third-order valence-electron chi connectivity index (χ3n) is 2.96. The van der Waals surface area contributed by atoms with E-state index in [1.165, 1.54) is 0 Å². The Balaban J connectivity index is 2.20. The molecule has 5 nitrogen and oxygen atoms in total. The van der Waals surface area contributed by atoms with Crippen molar-refractivity contribution < 1.29 is 4.74 Å². The molecule has 6 heteroatoms. The summed E-state index contributed by atoms with van der Waals surface area (Å²) in [7, 11) is 3.59. The molecule has 1 unspecified atom stereocenters. The molecule has 1 aliphatic heterocycles. The van der Waals surface area contributed by atoms with Crippen LogP contribution in [0.3, 0.4) is 0 Å². The first-order valence-electron chi connectivity index (χ1n) is 5.72. The van der Waals surface area contributed by atoms with Crippen molar-refractivity contribution >= 4 is 27.7 Å². The summed E-state index contributed by atoms with van der Waals surface area (Å²) in [5, 5.41) is 2.96. The third-order valence-corrected chi connectivity index (χ3v) is 3.52. The van der Waals surface area contributed by atoms with E-state index in [0.29, 0.717) is 12.1 Å². The third kappa shape index (κ3) is 2.87. The van der Waals surface area contributed by atoms with Crippen LogP contribution in [-0.2, 0) is 4.74 Å². The molecule has 1 saturated heterocycles. The minimum atomic E-state index is 0.295. The zero-order valence-corrected chi connectivity index (χ0v) is 11.7. The van der Waals surface area contributed by atoms with Gasteiger partial charge in [-0.15, -0.1) is 0 Å². The van der Waals surface area contributed by atoms with Gasteiger partial charge in [-0.05, 0) is 28.8 Å². The van der Waals surface area contributed by atoms with E-state index < -0.39 is 0 Å². The average molecular weight is 301 g/mol. The molecule has 1 atom stereocenters. The van der Waals surface area contributed by atoms with E-state index in [4.69, 9.17) is 4.74 Å². The highest BCUT2D eigenvalue weighted by Gasteiger charge is 2.22. The number of piperidine rings is 1. The van der Waals surface area contributed by atoms with Crippen molar-refractivity contribution in [3.63, 3.8) is 0 Å². The minimum Gasteiger partial charge on any atom is -0.380 e. The first-order valence-corrected chi connectivity index (χ1v) is 6.52. The van der Waals surface area contributed by atoms with Gasteiger partial charge in [0.1, 0.15) is 5.82 Å². The molecule has 1 aromatic heterocycles. The van der Waals surface area contributed by atoms with E-state index >= 15 is 0 Å². The quantitative estimate of drug-likeness (QED) is 0.924. The summed E-state index contributed by atoms with van der Waals surface area (Å²) in [5.41, 5.74) is 0. The van der Waals surface area contributed by atoms with Crippen LogP contribution in [-0.4, -0.2) is 43.3 Å². The van der Waals surface area contributed by atoms with Crippen LogP contribution in [0.2, 0.25) is 0 Å². The number of anilines is 2. The summed E-state index contributed by atoms with van der Waals surface area (Å²) in [6.45, 7) is 1.90. The van der Waals surface area contributed by atoms with Gasteiger partial charge in [0, 0.05) is 33.4 Å². The molecule has 0 spiro atoms. The highest BCUT2D eigenvalue weighted by atomic mass is 79.9. The van der Waals surface area contributed by atoms with Gasteiger partial charge in [-0.1, -0.05) is 0 Å². The molecule has 0 bridgehead atoms. The molecule has 2 heterocycles. The average Bonchev–Trinajstić information content (AvgIpc) is 2.39. The summed E-state index contributed by atoms with van der Waals surface area (Å²) in [6, 6.07) is 0. The minimum absolute atomic E-state index is 0.295. The van der Waals surface area contributed by atoms with E-state index in [2.05, 4.69) is 36.1 Å². The van der Waals surface area contributed by atoms with E-state index in [1.54, 1.807) is 13.3 Å². The Kier molecular flexibility index (Phi) is 4.17. The lowest BCUT2D eigenvalue weighted by Gasteiger charge is -2.33. The van der Waals surface area contributed by atoms with Gasteiger partial charge in [-0.3, -0.25) is 0 Å². The lowest BCUT2D eigenvalue weighted by atomic mass is 10.1. The second-order valence-electron chi connectivity index (χ2n) is 4.06. The maximum absolute atomic E-state index is 5.42. The monoisotopic (exact) mass is 300 g/mol. The number of hydrogen-bond donors (Lipinski definition) is 1.